The number of hydrogen-bond donors (Lipinski definition) is 0. The summed E-state index contributed by atoms with van der Waals surface area (Å²) in [6.45, 7) is 9.48. The summed E-state index contributed by atoms with van der Waals surface area (Å²) in [5, 5.41) is 0. The summed E-state index contributed by atoms with van der Waals surface area (Å²) >= 11 is 0. The van der Waals surface area contributed by atoms with Crippen molar-refractivity contribution in [2.45, 2.75) is 156 Å². The Morgan fingerprint density at radius 1 is 0.441 bits per heavy atom. The summed E-state index contributed by atoms with van der Waals surface area (Å²) in [7, 11) is -6.02. The van der Waals surface area contributed by atoms with Crippen molar-refractivity contribution >= 4 is 15.1 Å². The zero-order valence-corrected chi connectivity index (χ0v) is 25.3. The van der Waals surface area contributed by atoms with Crippen molar-refractivity contribution in [2.75, 3.05) is 24.6 Å². The highest BCUT2D eigenvalue weighted by atomic mass is 31.2. The van der Waals surface area contributed by atoms with Gasteiger partial charge in [-0.25, -0.2) is 0 Å². The first kappa shape index (κ1) is 36.7. The van der Waals surface area contributed by atoms with Crippen molar-refractivity contribution in [3.8, 4) is 0 Å². The van der Waals surface area contributed by atoms with E-state index in [0.717, 1.165) is 0 Å². The molecule has 0 aliphatic heterocycles. The van der Waals surface area contributed by atoms with E-state index in [9.17, 15) is 0 Å². The van der Waals surface area contributed by atoms with E-state index >= 15 is 0 Å². The van der Waals surface area contributed by atoms with Crippen molar-refractivity contribution in [1.82, 2.24) is 0 Å². The second-order valence-corrected chi connectivity index (χ2v) is 15.7. The lowest BCUT2D eigenvalue weighted by molar-refractivity contribution is -0.432. The molecule has 0 aliphatic rings. The average molecular weight is 525 g/mol. The fourth-order valence-corrected chi connectivity index (χ4v) is 9.99. The Morgan fingerprint density at radius 3 is 0.912 bits per heavy atom. The van der Waals surface area contributed by atoms with E-state index in [4.69, 9.17) is 19.2 Å². The van der Waals surface area contributed by atoms with Gasteiger partial charge in [-0.2, -0.15) is 7.82 Å². The van der Waals surface area contributed by atoms with Gasteiger partial charge in [0.15, 0.2) is 0 Å². The van der Waals surface area contributed by atoms with Gasteiger partial charge in [-0.1, -0.05) is 124 Å². The van der Waals surface area contributed by atoms with Gasteiger partial charge in [-0.05, 0) is 32.1 Å². The molecule has 0 heterocycles. The van der Waals surface area contributed by atoms with E-state index in [2.05, 4.69) is 27.7 Å². The lowest BCUT2D eigenvalue weighted by Gasteiger charge is -2.36. The Morgan fingerprint density at radius 2 is 0.647 bits per heavy atom. The number of phosphoric acid groups is 1. The minimum absolute atomic E-state index is 0. The van der Waals surface area contributed by atoms with Gasteiger partial charge >= 0.3 is 2.85 Å². The molecule has 0 radical (unpaired) electrons. The maximum atomic E-state index is 8.55. The fraction of sp³-hybridized carbons (Fsp3) is 1.00. The van der Waals surface area contributed by atoms with E-state index in [1.54, 1.807) is 31.1 Å². The third-order valence-corrected chi connectivity index (χ3v) is 12.0. The molecule has 0 amide bonds. The van der Waals surface area contributed by atoms with Crippen LogP contribution in [0, 0.1) is 0 Å². The van der Waals surface area contributed by atoms with Crippen LogP contribution in [0.25, 0.3) is 0 Å². The van der Waals surface area contributed by atoms with Crippen molar-refractivity contribution < 1.29 is 22.1 Å². The van der Waals surface area contributed by atoms with E-state index in [-0.39, 0.29) is 2.85 Å². The largest absolute Gasteiger partial charge is 1.00 e. The van der Waals surface area contributed by atoms with Crippen LogP contribution in [0.5, 0.6) is 0 Å². The molecule has 0 aromatic heterocycles. The van der Waals surface area contributed by atoms with E-state index < -0.39 is 15.1 Å². The molecule has 4 nitrogen and oxygen atoms in total. The second kappa shape index (κ2) is 26.6. The van der Waals surface area contributed by atoms with Gasteiger partial charge in [0.05, 0.1) is 24.6 Å². The molecule has 0 spiro atoms. The van der Waals surface area contributed by atoms with E-state index in [1.165, 1.54) is 122 Å². The summed E-state index contributed by atoms with van der Waals surface area (Å²) in [5.74, 6) is 0. The zero-order chi connectivity index (χ0) is 26.0. The van der Waals surface area contributed by atoms with Gasteiger partial charge in [0.2, 0.25) is 0 Å². The van der Waals surface area contributed by atoms with Crippen LogP contribution in [0.2, 0.25) is 0 Å². The molecule has 34 heavy (non-hydrogen) atoms. The lowest BCUT2D eigenvalue weighted by atomic mass is 10.0. The highest BCUT2D eigenvalue weighted by Gasteiger charge is 2.34. The van der Waals surface area contributed by atoms with Crippen molar-refractivity contribution in [1.29, 1.82) is 0 Å². The minimum atomic E-state index is -5.39. The Bertz CT molecular complexity index is 421. The number of rotatable bonds is 24. The Kier molecular flexibility index (Phi) is 28.7. The Balaban J connectivity index is -0.000000661. The van der Waals surface area contributed by atoms with Gasteiger partial charge in [-0.15, -0.1) is 0 Å². The minimum Gasteiger partial charge on any atom is -0.822 e. The Labute approximate surface area is 218 Å². The van der Waals surface area contributed by atoms with Crippen LogP contribution in [-0.2, 0) is 4.57 Å². The summed E-state index contributed by atoms with van der Waals surface area (Å²) in [6.07, 6.45) is 36.0. The van der Waals surface area contributed by atoms with E-state index in [0.29, 0.717) is 0 Å². The smallest absolute Gasteiger partial charge is 0.822 e. The van der Waals surface area contributed by atoms with Crippen LogP contribution in [0.1, 0.15) is 159 Å². The highest BCUT2D eigenvalue weighted by Crippen LogP contribution is 2.61. The summed E-state index contributed by atoms with van der Waals surface area (Å²) in [5.41, 5.74) is 0. The molecule has 6 heteroatoms. The molecule has 0 rings (SSSR count). The molecule has 0 fully saturated rings. The number of hydrogen-bond acceptors (Lipinski definition) is 4. The summed E-state index contributed by atoms with van der Waals surface area (Å²) in [6, 6.07) is 0. The zero-order valence-electron chi connectivity index (χ0n) is 25.5. The Hall–Kier alpha value is 0.540. The first-order valence-corrected chi connectivity index (χ1v) is 18.8. The molecule has 0 aromatic rings. The highest BCUT2D eigenvalue weighted by molar-refractivity contribution is 7.75. The maximum absolute atomic E-state index is 8.55. The molecule has 0 saturated heterocycles. The van der Waals surface area contributed by atoms with Crippen LogP contribution >= 0.6 is 15.1 Å². The second-order valence-electron chi connectivity index (χ2n) is 10.3. The van der Waals surface area contributed by atoms with Crippen LogP contribution in [0.4, 0.5) is 0 Å². The topological polar surface area (TPSA) is 86.2 Å². The monoisotopic (exact) mass is 524 g/mol. The molecule has 0 aromatic carbocycles. The molecular weight excluding hydrogens is 462 g/mol. The molecule has 0 unspecified atom stereocenters. The number of unbranched alkanes of at least 4 members (excludes halogenated alkanes) is 16. The van der Waals surface area contributed by atoms with Crippen LogP contribution in [0.3, 0.4) is 0 Å². The van der Waals surface area contributed by atoms with Crippen LogP contribution in [-0.4, -0.2) is 24.6 Å². The molecule has 0 saturated carbocycles. The van der Waals surface area contributed by atoms with Gasteiger partial charge < -0.3 is 19.2 Å². The average Bonchev–Trinajstić information content (AvgIpc) is 2.78. The maximum Gasteiger partial charge on any atom is 1.00 e. The van der Waals surface area contributed by atoms with Gasteiger partial charge in [0.1, 0.15) is 0 Å². The van der Waals surface area contributed by atoms with Gasteiger partial charge in [0, 0.05) is 7.26 Å². The SMILES string of the molecule is CCCCCCCCCCCCCCCC[P+](CCCC)(CCCC)CCCC.O=P([O-])([O-])[O-].[H+].[H+]. The summed E-state index contributed by atoms with van der Waals surface area (Å²) < 4.78 is 8.55. The predicted octanol–water partition coefficient (Wildman–Crippen LogP) is 8.29. The first-order valence-electron chi connectivity index (χ1n) is 14.8. The predicted molar refractivity (Wildman–Crippen MR) is 151 cm³/mol. The molecule has 0 aliphatic carbocycles. The third kappa shape index (κ3) is 30.6. The quantitative estimate of drug-likeness (QED) is 0.0939. The normalized spacial score (nSPS) is 12.0. The standard InChI is InChI=1S/C28H60P.H3O4P/c1-5-9-13-14-15-16-17-18-19-20-21-22-23-24-28-29(25-10-6-2,26-11-7-3)27-12-8-4;1-5(2,3)4/h5-28H2,1-4H3;(H3,1,2,3,4)/q+1;/p-1. The molecule has 0 atom stereocenters. The third-order valence-electron chi connectivity index (χ3n) is 6.94. The molecule has 208 valence electrons. The van der Waals surface area contributed by atoms with Gasteiger partial charge in [0.25, 0.3) is 0 Å². The fourth-order valence-electron chi connectivity index (χ4n) is 4.79. The van der Waals surface area contributed by atoms with E-state index in [1.807, 2.05) is 0 Å². The van der Waals surface area contributed by atoms with Crippen molar-refractivity contribution in [3.05, 3.63) is 0 Å². The molecule has 0 bridgehead atoms. The van der Waals surface area contributed by atoms with Crippen molar-refractivity contribution in [2.24, 2.45) is 0 Å². The van der Waals surface area contributed by atoms with Gasteiger partial charge in [-0.3, -0.25) is 0 Å². The van der Waals surface area contributed by atoms with Crippen molar-refractivity contribution in [3.63, 3.8) is 0 Å². The summed E-state index contributed by atoms with van der Waals surface area (Å²) in [4.78, 5) is 25.6. The molecular formula is C28H62O4P2. The molecule has 0 N–H and O–H groups in total. The van der Waals surface area contributed by atoms with Crippen LogP contribution < -0.4 is 14.7 Å². The first-order chi connectivity index (χ1) is 16.2. The lowest BCUT2D eigenvalue weighted by Crippen LogP contribution is -2.24. The van der Waals surface area contributed by atoms with Crippen LogP contribution in [0.15, 0.2) is 0 Å².